The van der Waals surface area contributed by atoms with E-state index < -0.39 is 17.0 Å². The Labute approximate surface area is 185 Å². The van der Waals surface area contributed by atoms with Crippen LogP contribution in [0.2, 0.25) is 10.1 Å². The molecule has 0 saturated carbocycles. The third-order valence-electron chi connectivity index (χ3n) is 4.60. The third-order valence-corrected chi connectivity index (χ3v) is 6.05. The van der Waals surface area contributed by atoms with Gasteiger partial charge in [0.25, 0.3) is 0 Å². The molecule has 2 aromatic rings. The third kappa shape index (κ3) is 5.50. The van der Waals surface area contributed by atoms with Crippen LogP contribution >= 0.6 is 11.6 Å². The molecule has 0 bridgehead atoms. The number of aromatic nitrogens is 2. The second-order valence-corrected chi connectivity index (χ2v) is 11.6. The summed E-state index contributed by atoms with van der Waals surface area (Å²) in [5.41, 5.74) is -0.344. The van der Waals surface area contributed by atoms with Crippen LogP contribution in [0.25, 0.3) is 11.0 Å². The second-order valence-electron chi connectivity index (χ2n) is 9.27. The summed E-state index contributed by atoms with van der Waals surface area (Å²) in [7, 11) is 0.280. The number of halogens is 1. The van der Waals surface area contributed by atoms with Crippen molar-refractivity contribution in [3.8, 4) is 0 Å². The van der Waals surface area contributed by atoms with Gasteiger partial charge < -0.3 is 13.7 Å². The summed E-state index contributed by atoms with van der Waals surface area (Å²) < 4.78 is 13.4. The van der Waals surface area contributed by atoms with E-state index in [4.69, 9.17) is 20.8 Å². The van der Waals surface area contributed by atoms with Crippen LogP contribution in [-0.4, -0.2) is 37.5 Å². The molecule has 1 atom stereocenters. The zero-order valence-corrected chi connectivity index (χ0v) is 20.8. The summed E-state index contributed by atoms with van der Waals surface area (Å²) in [5.74, 6) is -0.530. The summed E-state index contributed by atoms with van der Waals surface area (Å²) in [5, 5.41) is 0.433. The maximum absolute atomic E-state index is 13.0. The number of pyridine rings is 2. The van der Waals surface area contributed by atoms with Gasteiger partial charge in [-0.15, -0.1) is 0 Å². The molecule has 0 aliphatic carbocycles. The number of esters is 1. The smallest absolute Gasteiger partial charge is 0.343 e. The molecule has 2 radical (unpaired) electrons. The molecule has 0 amide bonds. The molecule has 2 aromatic heterocycles. The molecule has 0 saturated heterocycles. The maximum atomic E-state index is 13.0. The van der Waals surface area contributed by atoms with Gasteiger partial charge in [-0.25, -0.2) is 9.78 Å². The van der Waals surface area contributed by atoms with Gasteiger partial charge in [-0.05, 0) is 37.8 Å². The van der Waals surface area contributed by atoms with Gasteiger partial charge in [0.15, 0.2) is 0 Å². The highest BCUT2D eigenvalue weighted by Gasteiger charge is 2.37. The van der Waals surface area contributed by atoms with E-state index in [0.717, 1.165) is 0 Å². The second kappa shape index (κ2) is 9.20. The fourth-order valence-electron chi connectivity index (χ4n) is 3.58. The lowest BCUT2D eigenvalue weighted by molar-refractivity contribution is 0.0287. The molecule has 0 fully saturated rings. The van der Waals surface area contributed by atoms with Gasteiger partial charge in [0.05, 0.1) is 28.8 Å². The predicted molar refractivity (Wildman–Crippen MR) is 121 cm³/mol. The summed E-state index contributed by atoms with van der Waals surface area (Å²) in [6, 6.07) is 1.52. The van der Waals surface area contributed by atoms with Crippen molar-refractivity contribution in [2.75, 3.05) is 6.61 Å². The van der Waals surface area contributed by atoms with E-state index in [0.29, 0.717) is 10.5 Å². The minimum Gasteiger partial charge on any atom is -0.462 e. The van der Waals surface area contributed by atoms with Crippen molar-refractivity contribution in [3.63, 3.8) is 0 Å². The monoisotopic (exact) mass is 450 g/mol. The summed E-state index contributed by atoms with van der Waals surface area (Å²) in [6.07, 6.45) is 2.98. The molecule has 2 heterocycles. The summed E-state index contributed by atoms with van der Waals surface area (Å²) >= 11 is 6.22. The predicted octanol–water partition coefficient (Wildman–Crippen LogP) is 5.06. The Bertz CT molecular complexity index is 979. The highest BCUT2D eigenvalue weighted by atomic mass is 35.5. The van der Waals surface area contributed by atoms with Crippen molar-refractivity contribution >= 4 is 38.4 Å². The van der Waals surface area contributed by atoms with Gasteiger partial charge in [-0.3, -0.25) is 4.79 Å². The van der Waals surface area contributed by atoms with Crippen molar-refractivity contribution in [2.24, 2.45) is 5.92 Å². The molecule has 6 nitrogen and oxygen atoms in total. The molecule has 8 heteroatoms. The van der Waals surface area contributed by atoms with Gasteiger partial charge in [-0.2, -0.15) is 0 Å². The van der Waals surface area contributed by atoms with Gasteiger partial charge >= 0.3 is 5.97 Å². The standard InChI is InChI=1S/C22H31ClN2O4Si/c1-9-28-20(27)15-12-25(16-10-14(23)11-24-17(16)18(15)26)19(13(2)3)22(7,8)29-30-21(4,5)6/h10-13,19H,9H2,1-8H3/t19-/m0/s1. The number of carbonyl (C=O) groups is 1. The lowest BCUT2D eigenvalue weighted by Crippen LogP contribution is -2.42. The Morgan fingerprint density at radius 2 is 1.90 bits per heavy atom. The number of nitrogens with zero attached hydrogens (tertiary/aromatic N) is 2. The van der Waals surface area contributed by atoms with E-state index in [1.807, 2.05) is 18.4 Å². The van der Waals surface area contributed by atoms with E-state index >= 15 is 0 Å². The minimum absolute atomic E-state index is 0.0192. The SMILES string of the molecule is CCOC(=O)c1cn([C@@H](C(C)C)C(C)(C)O[Si]C(C)(C)C)c2cc(Cl)cnc2c1=O. The molecule has 0 unspecified atom stereocenters. The van der Waals surface area contributed by atoms with E-state index in [2.05, 4.69) is 39.6 Å². The topological polar surface area (TPSA) is 70.4 Å². The molecule has 2 rings (SSSR count). The number of carbonyl (C=O) groups excluding carboxylic acids is 1. The molecular weight excluding hydrogens is 420 g/mol. The number of fused-ring (bicyclic) bond motifs is 1. The van der Waals surface area contributed by atoms with Gasteiger partial charge in [0.1, 0.15) is 11.1 Å². The van der Waals surface area contributed by atoms with E-state index in [1.54, 1.807) is 19.2 Å². The Kier molecular flexibility index (Phi) is 7.53. The van der Waals surface area contributed by atoms with Crippen LogP contribution in [0, 0.1) is 5.92 Å². The van der Waals surface area contributed by atoms with E-state index in [9.17, 15) is 9.59 Å². The van der Waals surface area contributed by atoms with Gasteiger partial charge in [0, 0.05) is 12.4 Å². The Hall–Kier alpha value is -1.70. The van der Waals surface area contributed by atoms with E-state index in [-0.39, 0.29) is 44.4 Å². The van der Waals surface area contributed by atoms with Crippen molar-refractivity contribution < 1.29 is 14.0 Å². The minimum atomic E-state index is -0.660. The number of hydrogen-bond donors (Lipinski definition) is 0. The average Bonchev–Trinajstić information content (AvgIpc) is 2.61. The molecule has 30 heavy (non-hydrogen) atoms. The first-order valence-electron chi connectivity index (χ1n) is 10.1. The highest BCUT2D eigenvalue weighted by molar-refractivity contribution is 6.32. The summed E-state index contributed by atoms with van der Waals surface area (Å²) in [4.78, 5) is 29.7. The van der Waals surface area contributed by atoms with Crippen LogP contribution < -0.4 is 5.43 Å². The molecule has 164 valence electrons. The lowest BCUT2D eigenvalue weighted by Gasteiger charge is -2.41. The fraction of sp³-hybridized carbons (Fsp3) is 0.591. The zero-order valence-electron chi connectivity index (χ0n) is 19.0. The molecular formula is C22H31ClN2O4Si. The summed E-state index contributed by atoms with van der Waals surface area (Å²) in [6.45, 7) is 16.5. The van der Waals surface area contributed by atoms with Crippen LogP contribution in [0.5, 0.6) is 0 Å². The number of ether oxygens (including phenoxy) is 1. The van der Waals surface area contributed by atoms with Crippen LogP contribution in [-0.2, 0) is 9.16 Å². The molecule has 0 aliphatic rings. The largest absolute Gasteiger partial charge is 0.462 e. The number of rotatable bonds is 7. The Morgan fingerprint density at radius 3 is 2.43 bits per heavy atom. The van der Waals surface area contributed by atoms with Crippen molar-refractivity contribution in [1.29, 1.82) is 0 Å². The quantitative estimate of drug-likeness (QED) is 0.435. The van der Waals surface area contributed by atoms with Gasteiger partial charge in [0.2, 0.25) is 15.2 Å². The first kappa shape index (κ1) is 24.6. The molecule has 0 N–H and O–H groups in total. The number of hydrogen-bond acceptors (Lipinski definition) is 5. The van der Waals surface area contributed by atoms with Crippen LogP contribution in [0.15, 0.2) is 23.3 Å². The average molecular weight is 451 g/mol. The first-order chi connectivity index (χ1) is 13.8. The van der Waals surface area contributed by atoms with Crippen molar-refractivity contribution in [2.45, 2.75) is 72.1 Å². The van der Waals surface area contributed by atoms with Crippen LogP contribution in [0.1, 0.15) is 71.8 Å². The van der Waals surface area contributed by atoms with Gasteiger partial charge in [-0.1, -0.05) is 46.2 Å². The molecule has 0 spiro atoms. The normalized spacial score (nSPS) is 13.7. The first-order valence-corrected chi connectivity index (χ1v) is 11.4. The fourth-order valence-corrected chi connectivity index (χ4v) is 4.43. The van der Waals surface area contributed by atoms with Crippen LogP contribution in [0.3, 0.4) is 0 Å². The Balaban J connectivity index is 2.77. The Morgan fingerprint density at radius 1 is 1.27 bits per heavy atom. The van der Waals surface area contributed by atoms with Crippen molar-refractivity contribution in [3.05, 3.63) is 39.3 Å². The van der Waals surface area contributed by atoms with Crippen LogP contribution in [0.4, 0.5) is 0 Å². The zero-order chi connectivity index (χ0) is 22.9. The highest BCUT2D eigenvalue weighted by Crippen LogP contribution is 2.37. The van der Waals surface area contributed by atoms with Crippen molar-refractivity contribution in [1.82, 2.24) is 9.55 Å². The maximum Gasteiger partial charge on any atom is 0.343 e. The molecule has 0 aromatic carbocycles. The van der Waals surface area contributed by atoms with E-state index in [1.165, 1.54) is 6.20 Å². The lowest BCUT2D eigenvalue weighted by atomic mass is 9.88. The molecule has 0 aliphatic heterocycles.